The minimum Gasteiger partial charge on any atom is -0.378 e. The molecule has 0 spiro atoms. The third kappa shape index (κ3) is 3.30. The summed E-state index contributed by atoms with van der Waals surface area (Å²) < 4.78 is 5.37. The Kier molecular flexibility index (Phi) is 4.60. The molecule has 8 heteroatoms. The van der Waals surface area contributed by atoms with Crippen molar-refractivity contribution < 1.29 is 14.3 Å². The quantitative estimate of drug-likeness (QED) is 0.862. The van der Waals surface area contributed by atoms with Gasteiger partial charge in [0.1, 0.15) is 4.88 Å². The Labute approximate surface area is 155 Å². The van der Waals surface area contributed by atoms with Gasteiger partial charge in [-0.2, -0.15) is 0 Å². The molecule has 2 N–H and O–H groups in total. The van der Waals surface area contributed by atoms with Crippen molar-refractivity contribution >= 4 is 34.0 Å². The van der Waals surface area contributed by atoms with E-state index in [1.807, 2.05) is 31.2 Å². The monoisotopic (exact) mass is 372 g/mol. The predicted octanol–water partition coefficient (Wildman–Crippen LogP) is 2.10. The second kappa shape index (κ2) is 7.05. The first-order valence-corrected chi connectivity index (χ1v) is 9.43. The molecule has 0 radical (unpaired) electrons. The Balaban J connectivity index is 1.54. The molecular formula is C18H20N4O3S. The number of ether oxygens (including phenoxy) is 1. The molecule has 1 aromatic carbocycles. The van der Waals surface area contributed by atoms with Crippen molar-refractivity contribution in [2.75, 3.05) is 36.5 Å². The zero-order valence-electron chi connectivity index (χ0n) is 14.4. The highest BCUT2D eigenvalue weighted by atomic mass is 32.1. The van der Waals surface area contributed by atoms with E-state index in [1.165, 1.54) is 11.3 Å². The van der Waals surface area contributed by atoms with E-state index >= 15 is 0 Å². The Morgan fingerprint density at radius 1 is 1.35 bits per heavy atom. The molecule has 0 aliphatic carbocycles. The molecule has 1 saturated heterocycles. The highest BCUT2D eigenvalue weighted by molar-refractivity contribution is 7.17. The maximum absolute atomic E-state index is 12.8. The average Bonchev–Trinajstić information content (AvgIpc) is 3.04. The lowest BCUT2D eigenvalue weighted by Gasteiger charge is -2.26. The second-order valence-corrected chi connectivity index (χ2v) is 7.35. The molecule has 2 aliphatic rings. The predicted molar refractivity (Wildman–Crippen MR) is 99.8 cm³/mol. The first-order chi connectivity index (χ1) is 12.6. The number of carbonyl (C=O) groups is 2. The summed E-state index contributed by atoms with van der Waals surface area (Å²) in [7, 11) is 0. The molecule has 1 aromatic heterocycles. The number of benzene rings is 1. The van der Waals surface area contributed by atoms with Crippen LogP contribution in [0.5, 0.6) is 0 Å². The zero-order valence-corrected chi connectivity index (χ0v) is 15.3. The van der Waals surface area contributed by atoms with Crippen LogP contribution in [0.3, 0.4) is 0 Å². The normalized spacial score (nSPS) is 19.7. The summed E-state index contributed by atoms with van der Waals surface area (Å²) in [5.41, 5.74) is 2.39. The fourth-order valence-electron chi connectivity index (χ4n) is 3.25. The highest BCUT2D eigenvalue weighted by Gasteiger charge is 2.28. The molecule has 0 saturated carbocycles. The summed E-state index contributed by atoms with van der Waals surface area (Å²) in [5.74, 6) is -0.280. The van der Waals surface area contributed by atoms with E-state index in [2.05, 4.69) is 20.5 Å². The highest BCUT2D eigenvalue weighted by Crippen LogP contribution is 2.32. The summed E-state index contributed by atoms with van der Waals surface area (Å²) in [6.45, 7) is 4.76. The van der Waals surface area contributed by atoms with Gasteiger partial charge in [-0.1, -0.05) is 29.5 Å². The molecule has 1 atom stereocenters. The van der Waals surface area contributed by atoms with Gasteiger partial charge in [-0.15, -0.1) is 0 Å². The van der Waals surface area contributed by atoms with Gasteiger partial charge in [0.2, 0.25) is 5.91 Å². The molecule has 1 unspecified atom stereocenters. The molecular weight excluding hydrogens is 352 g/mol. The lowest BCUT2D eigenvalue weighted by molar-refractivity contribution is -0.116. The van der Waals surface area contributed by atoms with Gasteiger partial charge in [-0.05, 0) is 18.6 Å². The van der Waals surface area contributed by atoms with Crippen molar-refractivity contribution in [3.8, 4) is 0 Å². The van der Waals surface area contributed by atoms with E-state index in [4.69, 9.17) is 4.74 Å². The van der Waals surface area contributed by atoms with E-state index in [1.54, 1.807) is 0 Å². The third-order valence-electron chi connectivity index (χ3n) is 4.58. The van der Waals surface area contributed by atoms with E-state index in [9.17, 15) is 9.59 Å². The number of thiazole rings is 1. The lowest BCUT2D eigenvalue weighted by atomic mass is 9.97. The van der Waals surface area contributed by atoms with Crippen LogP contribution in [0.4, 0.5) is 10.8 Å². The summed E-state index contributed by atoms with van der Waals surface area (Å²) in [6.07, 6.45) is 0.233. The maximum Gasteiger partial charge on any atom is 0.263 e. The standard InChI is InChI=1S/C18H20N4O3S/c1-11-16(26-18(19-11)22-6-8-25-9-7-22)17(24)21-14-10-15(23)20-13-5-3-2-4-12(13)14/h2-5,14H,6-10H2,1H3,(H,20,23)(H,21,24). The molecule has 1 fully saturated rings. The van der Waals surface area contributed by atoms with Crippen molar-refractivity contribution in [3.05, 3.63) is 40.4 Å². The molecule has 3 heterocycles. The molecule has 2 amide bonds. The molecule has 7 nitrogen and oxygen atoms in total. The van der Waals surface area contributed by atoms with E-state index < -0.39 is 0 Å². The smallest absolute Gasteiger partial charge is 0.263 e. The van der Waals surface area contributed by atoms with Crippen molar-refractivity contribution in [3.63, 3.8) is 0 Å². The summed E-state index contributed by atoms with van der Waals surface area (Å²) in [6, 6.07) is 7.22. The number of anilines is 2. The van der Waals surface area contributed by atoms with Gasteiger partial charge < -0.3 is 20.3 Å². The van der Waals surface area contributed by atoms with Gasteiger partial charge in [-0.25, -0.2) is 4.98 Å². The largest absolute Gasteiger partial charge is 0.378 e. The molecule has 4 rings (SSSR count). The number of hydrogen-bond donors (Lipinski definition) is 2. The number of fused-ring (bicyclic) bond motifs is 1. The number of morpholine rings is 1. The van der Waals surface area contributed by atoms with Gasteiger partial charge in [0, 0.05) is 18.8 Å². The van der Waals surface area contributed by atoms with E-state index in [0.29, 0.717) is 23.8 Å². The fourth-order valence-corrected chi connectivity index (χ4v) is 4.27. The topological polar surface area (TPSA) is 83.6 Å². The first-order valence-electron chi connectivity index (χ1n) is 8.61. The number of rotatable bonds is 3. The van der Waals surface area contributed by atoms with Crippen LogP contribution < -0.4 is 15.5 Å². The summed E-state index contributed by atoms with van der Waals surface area (Å²) in [4.78, 5) is 32.1. The lowest BCUT2D eigenvalue weighted by Crippen LogP contribution is -2.36. The number of nitrogens with one attached hydrogen (secondary N) is 2. The van der Waals surface area contributed by atoms with Gasteiger partial charge in [-0.3, -0.25) is 9.59 Å². The van der Waals surface area contributed by atoms with Crippen LogP contribution in [0, 0.1) is 6.92 Å². The third-order valence-corrected chi connectivity index (χ3v) is 5.80. The van der Waals surface area contributed by atoms with Crippen LogP contribution in [0.1, 0.15) is 33.4 Å². The van der Waals surface area contributed by atoms with Gasteiger partial charge in [0.05, 0.1) is 31.4 Å². The number of para-hydroxylation sites is 1. The Morgan fingerprint density at radius 2 is 2.12 bits per heavy atom. The van der Waals surface area contributed by atoms with E-state index in [0.717, 1.165) is 29.5 Å². The van der Waals surface area contributed by atoms with Crippen LogP contribution in [0.2, 0.25) is 0 Å². The fraction of sp³-hybridized carbons (Fsp3) is 0.389. The molecule has 26 heavy (non-hydrogen) atoms. The van der Waals surface area contributed by atoms with E-state index in [-0.39, 0.29) is 24.3 Å². The number of carbonyl (C=O) groups excluding carboxylic acids is 2. The van der Waals surface area contributed by atoms with Crippen LogP contribution in [0.25, 0.3) is 0 Å². The molecule has 2 aromatic rings. The Morgan fingerprint density at radius 3 is 2.92 bits per heavy atom. The second-order valence-electron chi connectivity index (χ2n) is 6.38. The van der Waals surface area contributed by atoms with Crippen LogP contribution in [-0.2, 0) is 9.53 Å². The maximum atomic E-state index is 12.8. The number of aromatic nitrogens is 1. The van der Waals surface area contributed by atoms with Gasteiger partial charge in [0.25, 0.3) is 5.91 Å². The number of aryl methyl sites for hydroxylation is 1. The van der Waals surface area contributed by atoms with Crippen molar-refractivity contribution in [2.24, 2.45) is 0 Å². The van der Waals surface area contributed by atoms with Crippen LogP contribution in [-0.4, -0.2) is 43.1 Å². The SMILES string of the molecule is Cc1nc(N2CCOCC2)sc1C(=O)NC1CC(=O)Nc2ccccc21. The Hall–Kier alpha value is -2.45. The molecule has 2 aliphatic heterocycles. The first kappa shape index (κ1) is 17.0. The van der Waals surface area contributed by atoms with Gasteiger partial charge in [0.15, 0.2) is 5.13 Å². The average molecular weight is 372 g/mol. The van der Waals surface area contributed by atoms with Crippen molar-refractivity contribution in [1.29, 1.82) is 0 Å². The van der Waals surface area contributed by atoms with Crippen molar-refractivity contribution in [1.82, 2.24) is 10.3 Å². The minimum atomic E-state index is -0.333. The number of amides is 2. The molecule has 0 bridgehead atoms. The zero-order chi connectivity index (χ0) is 18.1. The summed E-state index contributed by atoms with van der Waals surface area (Å²) >= 11 is 1.39. The van der Waals surface area contributed by atoms with Gasteiger partial charge >= 0.3 is 0 Å². The Bertz CT molecular complexity index is 845. The van der Waals surface area contributed by atoms with Crippen LogP contribution in [0.15, 0.2) is 24.3 Å². The number of hydrogen-bond acceptors (Lipinski definition) is 6. The number of nitrogens with zero attached hydrogens (tertiary/aromatic N) is 2. The van der Waals surface area contributed by atoms with Crippen molar-refractivity contribution in [2.45, 2.75) is 19.4 Å². The summed E-state index contributed by atoms with van der Waals surface area (Å²) in [5, 5.41) is 6.69. The molecule has 136 valence electrons. The van der Waals surface area contributed by atoms with Crippen LogP contribution >= 0.6 is 11.3 Å². The minimum absolute atomic E-state index is 0.0935.